The predicted molar refractivity (Wildman–Crippen MR) is 47.5 cm³/mol. The van der Waals surface area contributed by atoms with Crippen LogP contribution in [0.4, 0.5) is 0 Å². The summed E-state index contributed by atoms with van der Waals surface area (Å²) < 4.78 is 0. The monoisotopic (exact) mass is 142 g/mol. The fourth-order valence-electron chi connectivity index (χ4n) is 0.834. The van der Waals surface area contributed by atoms with Gasteiger partial charge in [0.25, 0.3) is 0 Å². The van der Waals surface area contributed by atoms with Crippen molar-refractivity contribution in [3.05, 3.63) is 12.3 Å². The van der Waals surface area contributed by atoms with Gasteiger partial charge >= 0.3 is 0 Å². The van der Waals surface area contributed by atoms with Crippen molar-refractivity contribution in [2.24, 2.45) is 0 Å². The third-order valence-electron chi connectivity index (χ3n) is 1.67. The number of hydrogen-bond donors (Lipinski definition) is 0. The maximum Gasteiger partial charge on any atom is 0.0576 e. The maximum atomic E-state index is 3.80. The summed E-state index contributed by atoms with van der Waals surface area (Å²) in [5.74, 6) is 0. The molecule has 0 aliphatic carbocycles. The molecule has 54 valence electrons. The first-order chi connectivity index (χ1) is 4.31. The molecule has 1 atom stereocenters. The molecule has 0 N–H and O–H groups in total. The van der Waals surface area contributed by atoms with E-state index in [1.165, 1.54) is 25.3 Å². The summed E-state index contributed by atoms with van der Waals surface area (Å²) in [6.45, 7) is 8.41. The van der Waals surface area contributed by atoms with Crippen LogP contribution in [0.15, 0.2) is 12.3 Å². The second kappa shape index (κ2) is 6.08. The van der Waals surface area contributed by atoms with E-state index in [1.54, 1.807) is 0 Å². The van der Waals surface area contributed by atoms with E-state index in [0.29, 0.717) is 0 Å². The predicted octanol–water partition coefficient (Wildman–Crippen LogP) is 2.76. The molecule has 0 aromatic rings. The molecule has 0 bridgehead atoms. The molecular formula is C8H18Si. The molecule has 0 saturated heterocycles. The van der Waals surface area contributed by atoms with Gasteiger partial charge in [0.2, 0.25) is 0 Å². The quantitative estimate of drug-likeness (QED) is 0.409. The summed E-state index contributed by atoms with van der Waals surface area (Å²) in [6, 6.07) is 1.46. The molecule has 0 aromatic carbocycles. The Balaban J connectivity index is 2.96. The molecule has 0 nitrogen and oxygen atoms in total. The summed E-state index contributed by atoms with van der Waals surface area (Å²) in [5, 5.41) is 0. The maximum absolute atomic E-state index is 3.80. The Morgan fingerprint density at radius 3 is 2.56 bits per heavy atom. The highest BCUT2D eigenvalue weighted by molar-refractivity contribution is 6.62. The SMILES string of the molecule is C=C[SiH](C)CCCCC. The van der Waals surface area contributed by atoms with Crippen molar-refractivity contribution < 1.29 is 0 Å². The van der Waals surface area contributed by atoms with E-state index in [2.05, 4.69) is 25.7 Å². The fourth-order valence-corrected chi connectivity index (χ4v) is 2.00. The molecule has 9 heavy (non-hydrogen) atoms. The van der Waals surface area contributed by atoms with Gasteiger partial charge in [-0.15, -0.1) is 12.3 Å². The van der Waals surface area contributed by atoms with Gasteiger partial charge in [0, 0.05) is 0 Å². The van der Waals surface area contributed by atoms with Crippen molar-refractivity contribution >= 4 is 8.80 Å². The van der Waals surface area contributed by atoms with Crippen molar-refractivity contribution in [2.75, 3.05) is 0 Å². The van der Waals surface area contributed by atoms with Crippen LogP contribution in [0.2, 0.25) is 12.6 Å². The third-order valence-corrected chi connectivity index (χ3v) is 3.79. The van der Waals surface area contributed by atoms with Crippen molar-refractivity contribution in [1.82, 2.24) is 0 Å². The Morgan fingerprint density at radius 1 is 1.44 bits per heavy atom. The first-order valence-electron chi connectivity index (χ1n) is 3.93. The van der Waals surface area contributed by atoms with Gasteiger partial charge in [0.1, 0.15) is 0 Å². The summed E-state index contributed by atoms with van der Waals surface area (Å²) in [5.41, 5.74) is 2.18. The molecular weight excluding hydrogens is 124 g/mol. The molecule has 0 fully saturated rings. The molecule has 0 heterocycles. The summed E-state index contributed by atoms with van der Waals surface area (Å²) >= 11 is 0. The summed E-state index contributed by atoms with van der Waals surface area (Å²) in [7, 11) is -0.449. The van der Waals surface area contributed by atoms with E-state index in [9.17, 15) is 0 Å². The van der Waals surface area contributed by atoms with E-state index >= 15 is 0 Å². The lowest BCUT2D eigenvalue weighted by Crippen LogP contribution is -2.00. The largest absolute Gasteiger partial charge is 0.107 e. The first-order valence-corrected chi connectivity index (χ1v) is 6.57. The summed E-state index contributed by atoms with van der Waals surface area (Å²) in [6.07, 6.45) is 4.18. The number of unbranched alkanes of at least 4 members (excludes halogenated alkanes) is 2. The van der Waals surface area contributed by atoms with Crippen LogP contribution in [0.5, 0.6) is 0 Å². The van der Waals surface area contributed by atoms with Gasteiger partial charge in [-0.1, -0.05) is 38.8 Å². The zero-order valence-electron chi connectivity index (χ0n) is 6.69. The van der Waals surface area contributed by atoms with Crippen molar-refractivity contribution in [3.63, 3.8) is 0 Å². The van der Waals surface area contributed by atoms with Crippen LogP contribution in [0.1, 0.15) is 26.2 Å². The van der Waals surface area contributed by atoms with Gasteiger partial charge in [-0.25, -0.2) is 0 Å². The molecule has 0 saturated carbocycles. The number of hydrogen-bond acceptors (Lipinski definition) is 0. The lowest BCUT2D eigenvalue weighted by molar-refractivity contribution is 0.767. The molecule has 1 heteroatoms. The normalized spacial score (nSPS) is 13.1. The Kier molecular flexibility index (Phi) is 6.05. The van der Waals surface area contributed by atoms with E-state index in [0.717, 1.165) is 0 Å². The third kappa shape index (κ3) is 5.83. The van der Waals surface area contributed by atoms with Crippen LogP contribution < -0.4 is 0 Å². The zero-order chi connectivity index (χ0) is 7.11. The smallest absolute Gasteiger partial charge is 0.0576 e. The van der Waals surface area contributed by atoms with E-state index in [1.807, 2.05) is 0 Å². The van der Waals surface area contributed by atoms with Crippen LogP contribution >= 0.6 is 0 Å². The van der Waals surface area contributed by atoms with Crippen LogP contribution in [0, 0.1) is 0 Å². The summed E-state index contributed by atoms with van der Waals surface area (Å²) in [4.78, 5) is 0. The minimum Gasteiger partial charge on any atom is -0.107 e. The Morgan fingerprint density at radius 2 is 2.11 bits per heavy atom. The van der Waals surface area contributed by atoms with Crippen molar-refractivity contribution in [2.45, 2.75) is 38.8 Å². The van der Waals surface area contributed by atoms with Gasteiger partial charge in [-0.05, 0) is 0 Å². The highest BCUT2D eigenvalue weighted by atomic mass is 28.3. The fraction of sp³-hybridized carbons (Fsp3) is 0.750. The highest BCUT2D eigenvalue weighted by Crippen LogP contribution is 2.03. The van der Waals surface area contributed by atoms with E-state index < -0.39 is 8.80 Å². The van der Waals surface area contributed by atoms with Gasteiger partial charge in [-0.3, -0.25) is 0 Å². The topological polar surface area (TPSA) is 0 Å². The zero-order valence-corrected chi connectivity index (χ0v) is 7.84. The second-order valence-electron chi connectivity index (χ2n) is 2.71. The van der Waals surface area contributed by atoms with Gasteiger partial charge < -0.3 is 0 Å². The molecule has 0 rings (SSSR count). The van der Waals surface area contributed by atoms with Crippen LogP contribution in [0.3, 0.4) is 0 Å². The van der Waals surface area contributed by atoms with Gasteiger partial charge in [-0.2, -0.15) is 0 Å². The minimum absolute atomic E-state index is 0.449. The van der Waals surface area contributed by atoms with Gasteiger partial charge in [0.15, 0.2) is 0 Å². The molecule has 0 amide bonds. The first kappa shape index (κ1) is 8.96. The lowest BCUT2D eigenvalue weighted by atomic mass is 10.3. The molecule has 0 aromatic heterocycles. The molecule has 0 aliphatic heterocycles. The van der Waals surface area contributed by atoms with Crippen LogP contribution in [-0.4, -0.2) is 8.80 Å². The Bertz CT molecular complexity index is 69.0. The average molecular weight is 142 g/mol. The minimum atomic E-state index is -0.449. The molecule has 1 unspecified atom stereocenters. The molecule has 0 spiro atoms. The van der Waals surface area contributed by atoms with E-state index in [-0.39, 0.29) is 0 Å². The van der Waals surface area contributed by atoms with Crippen LogP contribution in [0.25, 0.3) is 0 Å². The Labute approximate surface area is 60.6 Å². The molecule has 0 radical (unpaired) electrons. The van der Waals surface area contributed by atoms with Gasteiger partial charge in [0.05, 0.1) is 8.80 Å². The highest BCUT2D eigenvalue weighted by Gasteiger charge is 1.95. The second-order valence-corrected chi connectivity index (χ2v) is 5.71. The van der Waals surface area contributed by atoms with Crippen molar-refractivity contribution in [1.29, 1.82) is 0 Å². The molecule has 0 aliphatic rings. The lowest BCUT2D eigenvalue weighted by Gasteiger charge is -2.00. The average Bonchev–Trinajstić information content (AvgIpc) is 1.89. The van der Waals surface area contributed by atoms with Crippen molar-refractivity contribution in [3.8, 4) is 0 Å². The number of rotatable bonds is 5. The Hall–Kier alpha value is -0.0431. The van der Waals surface area contributed by atoms with E-state index in [4.69, 9.17) is 0 Å². The standard InChI is InChI=1S/C8H18Si/c1-4-6-7-8-9(3)5-2/h5,9H,2,4,6-8H2,1,3H3. The van der Waals surface area contributed by atoms with Crippen LogP contribution in [-0.2, 0) is 0 Å².